The number of aromatic nitrogens is 6. The molecule has 4 rings (SSSR count). The van der Waals surface area contributed by atoms with Gasteiger partial charge in [-0.3, -0.25) is 0 Å². The van der Waals surface area contributed by atoms with Crippen LogP contribution in [0.4, 0.5) is 8.78 Å². The Hall–Kier alpha value is -4.44. The van der Waals surface area contributed by atoms with E-state index in [1.54, 1.807) is 30.5 Å². The van der Waals surface area contributed by atoms with Crippen LogP contribution in [0.1, 0.15) is 11.1 Å². The highest BCUT2D eigenvalue weighted by atomic mass is 19.1. The molecule has 0 fully saturated rings. The van der Waals surface area contributed by atoms with Gasteiger partial charge in [-0.1, -0.05) is 17.3 Å². The van der Waals surface area contributed by atoms with Crippen LogP contribution >= 0.6 is 0 Å². The number of rotatable bonds is 2. The normalized spacial score (nSPS) is 9.71. The van der Waals surface area contributed by atoms with Gasteiger partial charge in [-0.25, -0.2) is 13.5 Å². The summed E-state index contributed by atoms with van der Waals surface area (Å²) in [4.78, 5) is 1.21. The molecule has 28 heavy (non-hydrogen) atoms. The molecule has 0 atom stereocenters. The molecule has 0 aliphatic heterocycles. The maximum atomic E-state index is 13.2. The molecular formula is C18H10F2N8. The first-order valence-corrected chi connectivity index (χ1v) is 7.76. The number of hydrogen-bond acceptors (Lipinski definition) is 6. The number of nitriles is 2. The van der Waals surface area contributed by atoms with Gasteiger partial charge in [0.15, 0.2) is 0 Å². The predicted molar refractivity (Wildman–Crippen MR) is 92.1 cm³/mol. The summed E-state index contributed by atoms with van der Waals surface area (Å²) in [5, 5.41) is 32.4. The van der Waals surface area contributed by atoms with E-state index in [1.165, 1.54) is 52.3 Å². The topological polar surface area (TPSA) is 109 Å². The Morgan fingerprint density at radius 2 is 1.36 bits per heavy atom. The molecule has 0 unspecified atom stereocenters. The third kappa shape index (κ3) is 3.71. The summed E-state index contributed by atoms with van der Waals surface area (Å²) in [6.45, 7) is 0. The third-order valence-corrected chi connectivity index (χ3v) is 3.51. The van der Waals surface area contributed by atoms with Crippen molar-refractivity contribution in [1.29, 1.82) is 10.5 Å². The molecule has 0 saturated heterocycles. The summed E-state index contributed by atoms with van der Waals surface area (Å²) < 4.78 is 27.7. The highest BCUT2D eigenvalue weighted by Gasteiger charge is 2.10. The fourth-order valence-electron chi connectivity index (χ4n) is 2.28. The highest BCUT2D eigenvalue weighted by Crippen LogP contribution is 2.16. The van der Waals surface area contributed by atoms with Crippen LogP contribution in [0.3, 0.4) is 0 Å². The summed E-state index contributed by atoms with van der Waals surface area (Å²) in [6, 6.07) is 12.2. The van der Waals surface area contributed by atoms with E-state index in [0.717, 1.165) is 0 Å². The molecule has 0 saturated carbocycles. The summed E-state index contributed by atoms with van der Waals surface area (Å²) in [6.07, 6.45) is 5.94. The molecule has 4 aromatic rings. The van der Waals surface area contributed by atoms with Crippen molar-refractivity contribution in [1.82, 2.24) is 30.0 Å². The largest absolute Gasteiger partial charge is 0.219 e. The highest BCUT2D eigenvalue weighted by molar-refractivity contribution is 5.49. The monoisotopic (exact) mass is 376 g/mol. The van der Waals surface area contributed by atoms with Gasteiger partial charge in [0.05, 0.1) is 30.5 Å². The van der Waals surface area contributed by atoms with Crippen LogP contribution in [-0.4, -0.2) is 30.0 Å². The second-order valence-corrected chi connectivity index (χ2v) is 5.16. The zero-order chi connectivity index (χ0) is 19.9. The summed E-state index contributed by atoms with van der Waals surface area (Å²) in [5.41, 5.74) is 0.657. The van der Waals surface area contributed by atoms with Gasteiger partial charge in [-0.05, 0) is 24.3 Å². The molecule has 8 nitrogen and oxygen atoms in total. The quantitative estimate of drug-likeness (QED) is 0.532. The zero-order valence-corrected chi connectivity index (χ0v) is 14.1. The Balaban J connectivity index is 0.000000161. The lowest BCUT2D eigenvalue weighted by Gasteiger charge is -2.02. The molecule has 0 spiro atoms. The summed E-state index contributed by atoms with van der Waals surface area (Å²) in [7, 11) is 0. The van der Waals surface area contributed by atoms with Crippen molar-refractivity contribution in [2.24, 2.45) is 0 Å². The van der Waals surface area contributed by atoms with E-state index >= 15 is 0 Å². The van der Waals surface area contributed by atoms with Gasteiger partial charge in [-0.15, -0.1) is 5.10 Å². The SMILES string of the molecule is N#Cc1c(F)cccc1-n1ccnn1.N#Cc1c(F)cccc1-n1nccn1. The standard InChI is InChI=1S/2C9H5FN4/c10-8-2-1-3-9(7(8)6-11)14-5-4-12-13-14;10-8-2-1-3-9(7(8)6-11)14-12-4-5-13-14/h2*1-5H. The van der Waals surface area contributed by atoms with Gasteiger partial charge in [0, 0.05) is 0 Å². The number of benzene rings is 2. The van der Waals surface area contributed by atoms with Crippen molar-refractivity contribution >= 4 is 0 Å². The first-order valence-electron chi connectivity index (χ1n) is 7.76. The van der Waals surface area contributed by atoms with E-state index < -0.39 is 11.6 Å². The Morgan fingerprint density at radius 1 is 0.786 bits per heavy atom. The first kappa shape index (κ1) is 18.4. The Bertz CT molecular complexity index is 1060. The van der Waals surface area contributed by atoms with Crippen LogP contribution in [0.25, 0.3) is 11.4 Å². The summed E-state index contributed by atoms with van der Waals surface area (Å²) >= 11 is 0. The molecule has 0 aliphatic rings. The molecule has 0 aliphatic carbocycles. The lowest BCUT2D eigenvalue weighted by atomic mass is 10.2. The van der Waals surface area contributed by atoms with Gasteiger partial charge < -0.3 is 0 Å². The fourth-order valence-corrected chi connectivity index (χ4v) is 2.28. The van der Waals surface area contributed by atoms with Crippen LogP contribution in [0.2, 0.25) is 0 Å². The minimum Gasteiger partial charge on any atom is -0.219 e. The maximum absolute atomic E-state index is 13.2. The van der Waals surface area contributed by atoms with E-state index in [9.17, 15) is 8.78 Å². The minimum atomic E-state index is -0.567. The Morgan fingerprint density at radius 3 is 1.89 bits per heavy atom. The molecule has 0 amide bonds. The summed E-state index contributed by atoms with van der Waals surface area (Å²) in [5.74, 6) is -1.12. The molecule has 0 radical (unpaired) electrons. The van der Waals surface area contributed by atoms with E-state index in [-0.39, 0.29) is 11.1 Å². The fraction of sp³-hybridized carbons (Fsp3) is 0. The van der Waals surface area contributed by atoms with Gasteiger partial charge in [-0.2, -0.15) is 25.5 Å². The van der Waals surface area contributed by atoms with Crippen molar-refractivity contribution in [3.63, 3.8) is 0 Å². The maximum Gasteiger partial charge on any atom is 0.143 e. The molecule has 0 bridgehead atoms. The second kappa shape index (κ2) is 8.29. The van der Waals surface area contributed by atoms with Crippen LogP contribution in [0.15, 0.2) is 61.2 Å². The smallest absolute Gasteiger partial charge is 0.143 e. The van der Waals surface area contributed by atoms with Gasteiger partial charge >= 0.3 is 0 Å². The minimum absolute atomic E-state index is 0.0296. The molecule has 136 valence electrons. The van der Waals surface area contributed by atoms with Gasteiger partial charge in [0.2, 0.25) is 0 Å². The van der Waals surface area contributed by atoms with E-state index in [1.807, 2.05) is 0 Å². The van der Waals surface area contributed by atoms with E-state index in [4.69, 9.17) is 10.5 Å². The molecule has 2 aromatic heterocycles. The average Bonchev–Trinajstić information content (AvgIpc) is 3.42. The lowest BCUT2D eigenvalue weighted by molar-refractivity contribution is 0.618. The Labute approximate surface area is 157 Å². The van der Waals surface area contributed by atoms with Crippen LogP contribution < -0.4 is 0 Å². The van der Waals surface area contributed by atoms with Crippen LogP contribution in [0, 0.1) is 34.3 Å². The van der Waals surface area contributed by atoms with Crippen molar-refractivity contribution in [2.75, 3.05) is 0 Å². The second-order valence-electron chi connectivity index (χ2n) is 5.16. The molecule has 2 aromatic carbocycles. The third-order valence-electron chi connectivity index (χ3n) is 3.51. The van der Waals surface area contributed by atoms with E-state index in [0.29, 0.717) is 11.4 Å². The number of hydrogen-bond donors (Lipinski definition) is 0. The Kier molecular flexibility index (Phi) is 5.44. The zero-order valence-electron chi connectivity index (χ0n) is 14.1. The molecule has 2 heterocycles. The van der Waals surface area contributed by atoms with Crippen molar-refractivity contribution in [3.8, 4) is 23.5 Å². The van der Waals surface area contributed by atoms with Crippen molar-refractivity contribution in [3.05, 3.63) is 83.9 Å². The molecule has 0 N–H and O–H groups in total. The van der Waals surface area contributed by atoms with Crippen molar-refractivity contribution in [2.45, 2.75) is 0 Å². The van der Waals surface area contributed by atoms with Gasteiger partial charge in [0.25, 0.3) is 0 Å². The van der Waals surface area contributed by atoms with Crippen LogP contribution in [0.5, 0.6) is 0 Å². The van der Waals surface area contributed by atoms with Crippen molar-refractivity contribution < 1.29 is 8.78 Å². The van der Waals surface area contributed by atoms with Crippen LogP contribution in [-0.2, 0) is 0 Å². The average molecular weight is 376 g/mol. The molecular weight excluding hydrogens is 366 g/mol. The molecule has 10 heteroatoms. The number of nitrogens with zero attached hydrogens (tertiary/aromatic N) is 8. The van der Waals surface area contributed by atoms with Gasteiger partial charge in [0.1, 0.15) is 40.6 Å². The predicted octanol–water partition coefficient (Wildman–Crippen LogP) is 2.56. The lowest BCUT2D eigenvalue weighted by Crippen LogP contribution is -2.02. The first-order chi connectivity index (χ1) is 13.7. The van der Waals surface area contributed by atoms with E-state index in [2.05, 4.69) is 20.5 Å². The number of halogens is 2.